The minimum Gasteiger partial charge on any atom is -0.299 e. The molecule has 2 rings (SSSR count). The van der Waals surface area contributed by atoms with E-state index in [1.165, 1.54) is 6.26 Å². The van der Waals surface area contributed by atoms with E-state index in [0.717, 1.165) is 24.8 Å². The maximum absolute atomic E-state index is 12.8. The molecule has 116 valence electrons. The second kappa shape index (κ2) is 6.73. The summed E-state index contributed by atoms with van der Waals surface area (Å²) in [6.45, 7) is 2.02. The molecular formula is C17H24O3S. The fraction of sp³-hybridized carbons (Fsp3) is 0.588. The van der Waals surface area contributed by atoms with Gasteiger partial charge in [-0.3, -0.25) is 4.79 Å². The molecule has 0 heterocycles. The predicted molar refractivity (Wildman–Crippen MR) is 85.1 cm³/mol. The number of benzene rings is 1. The van der Waals surface area contributed by atoms with Crippen molar-refractivity contribution in [2.24, 2.45) is 5.92 Å². The molecule has 21 heavy (non-hydrogen) atoms. The highest BCUT2D eigenvalue weighted by atomic mass is 32.2. The van der Waals surface area contributed by atoms with Gasteiger partial charge in [0.2, 0.25) is 0 Å². The summed E-state index contributed by atoms with van der Waals surface area (Å²) in [6, 6.07) is 9.82. The molecule has 0 aliphatic heterocycles. The van der Waals surface area contributed by atoms with Crippen LogP contribution in [0.3, 0.4) is 0 Å². The Kier molecular flexibility index (Phi) is 5.20. The van der Waals surface area contributed by atoms with E-state index in [4.69, 9.17) is 0 Å². The smallest absolute Gasteiger partial charge is 0.150 e. The SMILES string of the molecule is CCC(C(=O)C1CCCC(S(C)(=O)=O)C1)c1ccccc1. The number of hydrogen-bond acceptors (Lipinski definition) is 3. The first-order valence-corrected chi connectivity index (χ1v) is 9.66. The number of carbonyl (C=O) groups is 1. The van der Waals surface area contributed by atoms with E-state index < -0.39 is 9.84 Å². The van der Waals surface area contributed by atoms with E-state index in [-0.39, 0.29) is 22.9 Å². The third kappa shape index (κ3) is 3.94. The highest BCUT2D eigenvalue weighted by Crippen LogP contribution is 2.34. The zero-order chi connectivity index (χ0) is 15.5. The van der Waals surface area contributed by atoms with Crippen molar-refractivity contribution in [1.29, 1.82) is 0 Å². The lowest BCUT2D eigenvalue weighted by molar-refractivity contribution is -0.125. The normalized spacial score (nSPS) is 24.5. The number of sulfone groups is 1. The molecule has 3 atom stereocenters. The monoisotopic (exact) mass is 308 g/mol. The van der Waals surface area contributed by atoms with Crippen molar-refractivity contribution < 1.29 is 13.2 Å². The minimum absolute atomic E-state index is 0.102. The first-order valence-electron chi connectivity index (χ1n) is 7.71. The molecule has 1 aliphatic carbocycles. The molecule has 0 N–H and O–H groups in total. The first-order chi connectivity index (χ1) is 9.93. The Bertz CT molecular complexity index is 577. The molecule has 1 fully saturated rings. The lowest BCUT2D eigenvalue weighted by Crippen LogP contribution is -2.33. The summed E-state index contributed by atoms with van der Waals surface area (Å²) in [6.07, 6.45) is 4.92. The van der Waals surface area contributed by atoms with Crippen molar-refractivity contribution in [3.63, 3.8) is 0 Å². The molecule has 4 heteroatoms. The fourth-order valence-electron chi connectivity index (χ4n) is 3.36. The largest absolute Gasteiger partial charge is 0.299 e. The summed E-state index contributed by atoms with van der Waals surface area (Å²) in [7, 11) is -3.04. The van der Waals surface area contributed by atoms with Crippen LogP contribution in [0.4, 0.5) is 0 Å². The predicted octanol–water partition coefficient (Wildman–Crippen LogP) is 3.35. The Hall–Kier alpha value is -1.16. The third-order valence-corrected chi connectivity index (χ3v) is 6.23. The van der Waals surface area contributed by atoms with Gasteiger partial charge in [0.05, 0.1) is 5.25 Å². The Morgan fingerprint density at radius 1 is 1.24 bits per heavy atom. The van der Waals surface area contributed by atoms with Crippen LogP contribution in [0.1, 0.15) is 50.5 Å². The van der Waals surface area contributed by atoms with Crippen molar-refractivity contribution in [2.45, 2.75) is 50.2 Å². The average Bonchev–Trinajstić information content (AvgIpc) is 2.48. The second-order valence-corrected chi connectivity index (χ2v) is 8.41. The van der Waals surface area contributed by atoms with E-state index >= 15 is 0 Å². The van der Waals surface area contributed by atoms with Crippen LogP contribution in [-0.2, 0) is 14.6 Å². The molecule has 0 saturated heterocycles. The van der Waals surface area contributed by atoms with Crippen LogP contribution in [0.2, 0.25) is 0 Å². The van der Waals surface area contributed by atoms with Gasteiger partial charge in [-0.05, 0) is 31.2 Å². The quantitative estimate of drug-likeness (QED) is 0.838. The summed E-state index contributed by atoms with van der Waals surface area (Å²) in [4.78, 5) is 12.8. The van der Waals surface area contributed by atoms with Crippen LogP contribution in [0.25, 0.3) is 0 Å². The lowest BCUT2D eigenvalue weighted by Gasteiger charge is -2.29. The molecule has 3 nitrogen and oxygen atoms in total. The Balaban J connectivity index is 2.15. The summed E-state index contributed by atoms with van der Waals surface area (Å²) in [5.74, 6) is 0.00944. The van der Waals surface area contributed by atoms with Crippen molar-refractivity contribution in [3.8, 4) is 0 Å². The molecule has 1 aliphatic rings. The molecular weight excluding hydrogens is 284 g/mol. The summed E-state index contributed by atoms with van der Waals surface area (Å²) in [5, 5.41) is -0.339. The van der Waals surface area contributed by atoms with Crippen LogP contribution in [0, 0.1) is 5.92 Å². The standard InChI is InChI=1S/C17H24O3S/c1-3-16(13-8-5-4-6-9-13)17(18)14-10-7-11-15(12-14)21(2,19)20/h4-6,8-9,14-16H,3,7,10-12H2,1-2H3. The lowest BCUT2D eigenvalue weighted by atomic mass is 9.78. The van der Waals surface area contributed by atoms with Crippen LogP contribution >= 0.6 is 0 Å². The topological polar surface area (TPSA) is 51.2 Å². The van der Waals surface area contributed by atoms with Gasteiger partial charge in [0.15, 0.2) is 0 Å². The van der Waals surface area contributed by atoms with Crippen molar-refractivity contribution in [3.05, 3.63) is 35.9 Å². The van der Waals surface area contributed by atoms with Gasteiger partial charge in [-0.25, -0.2) is 8.42 Å². The van der Waals surface area contributed by atoms with Gasteiger partial charge in [-0.1, -0.05) is 43.7 Å². The summed E-state index contributed by atoms with van der Waals surface area (Å²) in [5.41, 5.74) is 1.05. The average molecular weight is 308 g/mol. The van der Waals surface area contributed by atoms with Gasteiger partial charge in [0.25, 0.3) is 0 Å². The van der Waals surface area contributed by atoms with E-state index in [9.17, 15) is 13.2 Å². The zero-order valence-electron chi connectivity index (χ0n) is 12.8. The van der Waals surface area contributed by atoms with E-state index in [1.54, 1.807) is 0 Å². The van der Waals surface area contributed by atoms with Crippen LogP contribution in [-0.4, -0.2) is 25.7 Å². The van der Waals surface area contributed by atoms with Gasteiger partial charge < -0.3 is 0 Å². The van der Waals surface area contributed by atoms with Crippen LogP contribution < -0.4 is 0 Å². The van der Waals surface area contributed by atoms with Crippen molar-refractivity contribution in [2.75, 3.05) is 6.26 Å². The maximum Gasteiger partial charge on any atom is 0.150 e. The van der Waals surface area contributed by atoms with E-state index in [0.29, 0.717) is 12.8 Å². The number of Topliss-reactive ketones (excluding diaryl/α,β-unsaturated/α-hetero) is 1. The highest BCUT2D eigenvalue weighted by Gasteiger charge is 2.35. The molecule has 0 amide bonds. The summed E-state index contributed by atoms with van der Waals surface area (Å²) < 4.78 is 23.5. The van der Waals surface area contributed by atoms with Gasteiger partial charge in [-0.2, -0.15) is 0 Å². The molecule has 1 aromatic carbocycles. The van der Waals surface area contributed by atoms with Crippen LogP contribution in [0.15, 0.2) is 30.3 Å². The highest BCUT2D eigenvalue weighted by molar-refractivity contribution is 7.91. The number of ketones is 1. The van der Waals surface area contributed by atoms with Crippen molar-refractivity contribution in [1.82, 2.24) is 0 Å². The third-order valence-electron chi connectivity index (χ3n) is 4.59. The fourth-order valence-corrected chi connectivity index (χ4v) is 4.54. The van der Waals surface area contributed by atoms with E-state index in [1.807, 2.05) is 37.3 Å². The Labute approximate surface area is 127 Å². The Morgan fingerprint density at radius 2 is 1.90 bits per heavy atom. The molecule has 0 aromatic heterocycles. The Morgan fingerprint density at radius 3 is 2.48 bits per heavy atom. The summed E-state index contributed by atoms with van der Waals surface area (Å²) >= 11 is 0. The maximum atomic E-state index is 12.8. The first kappa shape index (κ1) is 16.2. The van der Waals surface area contributed by atoms with Crippen LogP contribution in [0.5, 0.6) is 0 Å². The second-order valence-electron chi connectivity index (χ2n) is 6.09. The number of carbonyl (C=O) groups excluding carboxylic acids is 1. The van der Waals surface area contributed by atoms with Crippen molar-refractivity contribution >= 4 is 15.6 Å². The minimum atomic E-state index is -3.04. The molecule has 1 saturated carbocycles. The molecule has 0 bridgehead atoms. The van der Waals surface area contributed by atoms with Gasteiger partial charge in [0, 0.05) is 18.1 Å². The molecule has 1 aromatic rings. The number of hydrogen-bond donors (Lipinski definition) is 0. The molecule has 0 spiro atoms. The van der Waals surface area contributed by atoms with Gasteiger partial charge >= 0.3 is 0 Å². The molecule has 0 radical (unpaired) electrons. The zero-order valence-corrected chi connectivity index (χ0v) is 13.6. The number of rotatable bonds is 5. The van der Waals surface area contributed by atoms with E-state index in [2.05, 4.69) is 0 Å². The van der Waals surface area contributed by atoms with Gasteiger partial charge in [-0.15, -0.1) is 0 Å². The van der Waals surface area contributed by atoms with Gasteiger partial charge in [0.1, 0.15) is 15.6 Å². The molecule has 3 unspecified atom stereocenters.